The largest absolute Gasteiger partial charge is 0.466 e. The van der Waals surface area contributed by atoms with Crippen molar-refractivity contribution in [3.63, 3.8) is 0 Å². The number of carbonyl (C=O) groups excluding carboxylic acids is 2. The van der Waals surface area contributed by atoms with Crippen LogP contribution in [0.1, 0.15) is 17.5 Å². The Kier molecular flexibility index (Phi) is 5.69. The van der Waals surface area contributed by atoms with Gasteiger partial charge in [0.1, 0.15) is 0 Å². The zero-order chi connectivity index (χ0) is 14.3. The first-order chi connectivity index (χ1) is 9.04. The van der Waals surface area contributed by atoms with E-state index in [2.05, 4.69) is 15.0 Å². The summed E-state index contributed by atoms with van der Waals surface area (Å²) in [5, 5.41) is 12.2. The number of ether oxygens (including phenoxy) is 1. The number of aliphatic hydroxyl groups excluding tert-OH is 1. The molecule has 1 unspecified atom stereocenters. The van der Waals surface area contributed by atoms with Gasteiger partial charge in [0.2, 0.25) is 0 Å². The van der Waals surface area contributed by atoms with Crippen molar-refractivity contribution in [2.24, 2.45) is 0 Å². The third kappa shape index (κ3) is 4.89. The van der Waals surface area contributed by atoms with Crippen molar-refractivity contribution < 1.29 is 19.4 Å². The van der Waals surface area contributed by atoms with E-state index in [0.29, 0.717) is 0 Å². The fourth-order valence-corrected chi connectivity index (χ4v) is 1.33. The van der Waals surface area contributed by atoms with E-state index >= 15 is 0 Å². The van der Waals surface area contributed by atoms with Gasteiger partial charge in [-0.2, -0.15) is 0 Å². The predicted molar refractivity (Wildman–Crippen MR) is 68.1 cm³/mol. The zero-order valence-corrected chi connectivity index (χ0v) is 10.8. The molecule has 0 fully saturated rings. The minimum atomic E-state index is -1.33. The molecule has 0 aliphatic heterocycles. The van der Waals surface area contributed by atoms with Crippen LogP contribution >= 0.6 is 0 Å². The number of aromatic nitrogens is 1. The van der Waals surface area contributed by atoms with Gasteiger partial charge in [-0.05, 0) is 19.1 Å². The molecule has 1 amide bonds. The minimum Gasteiger partial charge on any atom is -0.466 e. The number of esters is 1. The Bertz CT molecular complexity index is 485. The standard InChI is InChI=1S/C13H16N2O4/c1-9-5-3-6-10(15-9)12(17)13(18)14-8-4-7-11(16)19-2/h3-7,12,17H,8H2,1-2H3,(H,14,18)/b7-4+. The highest BCUT2D eigenvalue weighted by Gasteiger charge is 2.17. The van der Waals surface area contributed by atoms with Crippen LogP contribution in [0, 0.1) is 6.92 Å². The monoisotopic (exact) mass is 264 g/mol. The highest BCUT2D eigenvalue weighted by molar-refractivity contribution is 5.83. The van der Waals surface area contributed by atoms with E-state index in [9.17, 15) is 14.7 Å². The molecule has 6 heteroatoms. The van der Waals surface area contributed by atoms with Crippen LogP contribution in [0.3, 0.4) is 0 Å². The van der Waals surface area contributed by atoms with Crippen LogP contribution in [0.5, 0.6) is 0 Å². The van der Waals surface area contributed by atoms with Gasteiger partial charge in [0.25, 0.3) is 5.91 Å². The first-order valence-corrected chi connectivity index (χ1v) is 5.68. The van der Waals surface area contributed by atoms with Crippen LogP contribution in [0.15, 0.2) is 30.4 Å². The Morgan fingerprint density at radius 1 is 1.53 bits per heavy atom. The molecule has 0 aromatic carbocycles. The molecule has 0 saturated heterocycles. The second-order valence-corrected chi connectivity index (χ2v) is 3.78. The molecular weight excluding hydrogens is 248 g/mol. The summed E-state index contributed by atoms with van der Waals surface area (Å²) in [6, 6.07) is 5.06. The van der Waals surface area contributed by atoms with Crippen LogP contribution in [-0.4, -0.2) is 35.6 Å². The Balaban J connectivity index is 2.50. The summed E-state index contributed by atoms with van der Waals surface area (Å²) in [4.78, 5) is 26.4. The molecule has 0 aliphatic rings. The zero-order valence-electron chi connectivity index (χ0n) is 10.8. The van der Waals surface area contributed by atoms with Gasteiger partial charge >= 0.3 is 5.97 Å². The number of nitrogens with one attached hydrogen (secondary N) is 1. The van der Waals surface area contributed by atoms with Gasteiger partial charge < -0.3 is 15.2 Å². The topological polar surface area (TPSA) is 88.5 Å². The second kappa shape index (κ2) is 7.27. The van der Waals surface area contributed by atoms with Gasteiger partial charge in [-0.3, -0.25) is 9.78 Å². The molecule has 0 radical (unpaired) electrons. The molecule has 6 nitrogen and oxygen atoms in total. The summed E-state index contributed by atoms with van der Waals surface area (Å²) < 4.78 is 4.39. The van der Waals surface area contributed by atoms with E-state index in [1.54, 1.807) is 25.1 Å². The van der Waals surface area contributed by atoms with Gasteiger partial charge in [0.15, 0.2) is 6.10 Å². The fraction of sp³-hybridized carbons (Fsp3) is 0.308. The lowest BCUT2D eigenvalue weighted by Crippen LogP contribution is -2.30. The lowest BCUT2D eigenvalue weighted by molar-refractivity contribution is -0.135. The SMILES string of the molecule is COC(=O)/C=C/CNC(=O)C(O)c1cccc(C)n1. The Morgan fingerprint density at radius 2 is 2.26 bits per heavy atom. The third-order valence-corrected chi connectivity index (χ3v) is 2.29. The van der Waals surface area contributed by atoms with Crippen LogP contribution in [-0.2, 0) is 14.3 Å². The number of aryl methyl sites for hydroxylation is 1. The van der Waals surface area contributed by atoms with Gasteiger partial charge in [-0.1, -0.05) is 12.1 Å². The first kappa shape index (κ1) is 14.8. The highest BCUT2D eigenvalue weighted by atomic mass is 16.5. The quantitative estimate of drug-likeness (QED) is 0.588. The van der Waals surface area contributed by atoms with Crippen LogP contribution in [0.25, 0.3) is 0 Å². The first-order valence-electron chi connectivity index (χ1n) is 5.68. The van der Waals surface area contributed by atoms with E-state index in [4.69, 9.17) is 0 Å². The molecule has 1 aromatic heterocycles. The molecule has 0 bridgehead atoms. The lowest BCUT2D eigenvalue weighted by Gasteiger charge is -2.10. The van der Waals surface area contributed by atoms with Gasteiger partial charge in [-0.25, -0.2) is 4.79 Å². The van der Waals surface area contributed by atoms with Gasteiger partial charge in [0.05, 0.1) is 12.8 Å². The molecule has 2 N–H and O–H groups in total. The number of pyridine rings is 1. The second-order valence-electron chi connectivity index (χ2n) is 3.78. The van der Waals surface area contributed by atoms with Crippen LogP contribution in [0.4, 0.5) is 0 Å². The molecule has 1 aromatic rings. The maximum Gasteiger partial charge on any atom is 0.330 e. The molecule has 1 atom stereocenters. The number of aliphatic hydroxyl groups is 1. The van der Waals surface area contributed by atoms with Crippen molar-refractivity contribution in [3.05, 3.63) is 41.7 Å². The van der Waals surface area contributed by atoms with E-state index in [0.717, 1.165) is 5.69 Å². The number of amides is 1. The number of rotatable bonds is 5. The molecule has 0 spiro atoms. The number of carbonyl (C=O) groups is 2. The number of hydrogen-bond acceptors (Lipinski definition) is 5. The Hall–Kier alpha value is -2.21. The van der Waals surface area contributed by atoms with Crippen molar-refractivity contribution in [1.82, 2.24) is 10.3 Å². The maximum absolute atomic E-state index is 11.6. The molecule has 0 aliphatic carbocycles. The minimum absolute atomic E-state index is 0.122. The van der Waals surface area contributed by atoms with Gasteiger partial charge in [0, 0.05) is 18.3 Å². The fourth-order valence-electron chi connectivity index (χ4n) is 1.33. The smallest absolute Gasteiger partial charge is 0.330 e. The summed E-state index contributed by atoms with van der Waals surface area (Å²) in [7, 11) is 1.26. The predicted octanol–water partition coefficient (Wildman–Crippen LogP) is 0.269. The highest BCUT2D eigenvalue weighted by Crippen LogP contribution is 2.10. The van der Waals surface area contributed by atoms with Crippen molar-refractivity contribution >= 4 is 11.9 Å². The number of hydrogen-bond donors (Lipinski definition) is 2. The van der Waals surface area contributed by atoms with Gasteiger partial charge in [-0.15, -0.1) is 0 Å². The van der Waals surface area contributed by atoms with E-state index in [1.807, 2.05) is 0 Å². The number of methoxy groups -OCH3 is 1. The number of nitrogens with zero attached hydrogens (tertiary/aromatic N) is 1. The summed E-state index contributed by atoms with van der Waals surface area (Å²) in [6.45, 7) is 1.89. The van der Waals surface area contributed by atoms with Crippen LogP contribution < -0.4 is 5.32 Å². The van der Waals surface area contributed by atoms with Crippen molar-refractivity contribution in [2.75, 3.05) is 13.7 Å². The molecule has 19 heavy (non-hydrogen) atoms. The van der Waals surface area contributed by atoms with E-state index in [1.165, 1.54) is 19.3 Å². The average molecular weight is 264 g/mol. The summed E-state index contributed by atoms with van der Waals surface area (Å²) in [5.41, 5.74) is 1.00. The molecule has 1 heterocycles. The third-order valence-electron chi connectivity index (χ3n) is 2.29. The van der Waals surface area contributed by atoms with E-state index in [-0.39, 0.29) is 12.2 Å². The average Bonchev–Trinajstić information content (AvgIpc) is 2.42. The van der Waals surface area contributed by atoms with Crippen molar-refractivity contribution in [3.8, 4) is 0 Å². The summed E-state index contributed by atoms with van der Waals surface area (Å²) >= 11 is 0. The van der Waals surface area contributed by atoms with Crippen LogP contribution in [0.2, 0.25) is 0 Å². The lowest BCUT2D eigenvalue weighted by atomic mass is 10.2. The maximum atomic E-state index is 11.6. The van der Waals surface area contributed by atoms with Crippen molar-refractivity contribution in [2.45, 2.75) is 13.0 Å². The molecule has 0 saturated carbocycles. The summed E-state index contributed by atoms with van der Waals surface area (Å²) in [6.07, 6.45) is 1.30. The molecular formula is C13H16N2O4. The normalized spacial score (nSPS) is 12.2. The Labute approximate surface area is 111 Å². The Morgan fingerprint density at radius 3 is 2.89 bits per heavy atom. The molecule has 1 rings (SSSR count). The summed E-state index contributed by atoms with van der Waals surface area (Å²) in [5.74, 6) is -1.08. The van der Waals surface area contributed by atoms with Crippen molar-refractivity contribution in [1.29, 1.82) is 0 Å². The molecule has 102 valence electrons. The van der Waals surface area contributed by atoms with E-state index < -0.39 is 18.0 Å².